The van der Waals surface area contributed by atoms with E-state index >= 15 is 0 Å². The smallest absolute Gasteiger partial charge is 0.252 e. The summed E-state index contributed by atoms with van der Waals surface area (Å²) in [6, 6.07) is 14.4. The molecule has 2 amide bonds. The SMILES string of the molecule is Cc1cc(=O)n(C2CCCC2)c2nc(Nc3ccc(N(C(=O)C4(C(N)=O)CC4)c4ccccc4F)cc3)ncc12. The van der Waals surface area contributed by atoms with Gasteiger partial charge in [-0.15, -0.1) is 0 Å². The van der Waals surface area contributed by atoms with Crippen LogP contribution in [0, 0.1) is 18.2 Å². The number of rotatable bonds is 7. The second-order valence-corrected chi connectivity index (χ2v) is 10.6. The van der Waals surface area contributed by atoms with Gasteiger partial charge in [0.2, 0.25) is 17.8 Å². The van der Waals surface area contributed by atoms with Crippen LogP contribution < -0.4 is 21.5 Å². The Balaban J connectivity index is 1.33. The van der Waals surface area contributed by atoms with Gasteiger partial charge in [0.15, 0.2) is 0 Å². The van der Waals surface area contributed by atoms with Gasteiger partial charge in [0.05, 0.1) is 5.69 Å². The number of benzene rings is 2. The molecule has 2 fully saturated rings. The number of fused-ring (bicyclic) bond motifs is 1. The molecule has 0 bridgehead atoms. The summed E-state index contributed by atoms with van der Waals surface area (Å²) in [5.41, 5.74) is 6.65. The number of carbonyl (C=O) groups is 2. The molecule has 2 heterocycles. The summed E-state index contributed by atoms with van der Waals surface area (Å²) in [7, 11) is 0. The van der Waals surface area contributed by atoms with Crippen LogP contribution in [0.2, 0.25) is 0 Å². The van der Waals surface area contributed by atoms with Crippen LogP contribution in [0.4, 0.5) is 27.4 Å². The standard InChI is InChI=1S/C30H29FN6O3/c1-18-16-25(38)37(20-6-2-3-7-20)26-22(18)17-33-29(35-26)34-19-10-12-21(13-11-19)36(24-9-5-4-8-23(24)31)28(40)30(14-15-30)27(32)39/h4-5,8-13,16-17,20H,2-3,6-7,14-15H2,1H3,(H2,32,39)(H,33,34,35). The highest BCUT2D eigenvalue weighted by atomic mass is 19.1. The second kappa shape index (κ2) is 9.86. The zero-order chi connectivity index (χ0) is 28.0. The summed E-state index contributed by atoms with van der Waals surface area (Å²) in [6.07, 6.45) is 6.44. The van der Waals surface area contributed by atoms with E-state index in [1.807, 2.05) is 6.92 Å². The molecule has 204 valence electrons. The Kier molecular flexibility index (Phi) is 6.32. The van der Waals surface area contributed by atoms with Crippen molar-refractivity contribution in [3.8, 4) is 0 Å². The van der Waals surface area contributed by atoms with Crippen LogP contribution in [0.25, 0.3) is 11.0 Å². The lowest BCUT2D eigenvalue weighted by molar-refractivity contribution is -0.133. The lowest BCUT2D eigenvalue weighted by Gasteiger charge is -2.27. The van der Waals surface area contributed by atoms with Gasteiger partial charge >= 0.3 is 0 Å². The van der Waals surface area contributed by atoms with Gasteiger partial charge in [0.25, 0.3) is 5.56 Å². The molecule has 0 unspecified atom stereocenters. The minimum Gasteiger partial charge on any atom is -0.369 e. The monoisotopic (exact) mass is 540 g/mol. The van der Waals surface area contributed by atoms with Gasteiger partial charge in [-0.1, -0.05) is 25.0 Å². The molecule has 2 aliphatic carbocycles. The molecule has 40 heavy (non-hydrogen) atoms. The highest BCUT2D eigenvalue weighted by Crippen LogP contribution is 2.49. The number of pyridine rings is 1. The molecule has 9 nitrogen and oxygen atoms in total. The molecule has 0 saturated heterocycles. The van der Waals surface area contributed by atoms with E-state index in [9.17, 15) is 18.8 Å². The van der Waals surface area contributed by atoms with Crippen molar-refractivity contribution in [1.29, 1.82) is 0 Å². The van der Waals surface area contributed by atoms with Crippen molar-refractivity contribution in [3.05, 3.63) is 82.5 Å². The van der Waals surface area contributed by atoms with Crippen molar-refractivity contribution in [2.45, 2.75) is 51.5 Å². The predicted molar refractivity (Wildman–Crippen MR) is 150 cm³/mol. The van der Waals surface area contributed by atoms with E-state index in [1.54, 1.807) is 47.2 Å². The molecule has 4 aromatic rings. The molecule has 0 atom stereocenters. The van der Waals surface area contributed by atoms with Crippen LogP contribution in [-0.2, 0) is 9.59 Å². The average molecular weight is 541 g/mol. The zero-order valence-corrected chi connectivity index (χ0v) is 22.1. The van der Waals surface area contributed by atoms with Crippen LogP contribution in [0.1, 0.15) is 50.1 Å². The lowest BCUT2D eigenvalue weighted by Crippen LogP contribution is -2.41. The van der Waals surface area contributed by atoms with E-state index in [0.717, 1.165) is 36.6 Å². The predicted octanol–water partition coefficient (Wildman–Crippen LogP) is 5.03. The summed E-state index contributed by atoms with van der Waals surface area (Å²) in [5, 5.41) is 4.00. The number of aromatic nitrogens is 3. The van der Waals surface area contributed by atoms with E-state index < -0.39 is 23.0 Å². The van der Waals surface area contributed by atoms with E-state index in [2.05, 4.69) is 10.3 Å². The summed E-state index contributed by atoms with van der Waals surface area (Å²) in [5.74, 6) is -1.53. The highest BCUT2D eigenvalue weighted by molar-refractivity contribution is 6.16. The normalized spacial score (nSPS) is 16.1. The van der Waals surface area contributed by atoms with E-state index in [0.29, 0.717) is 35.8 Å². The molecular weight excluding hydrogens is 511 g/mol. The fourth-order valence-corrected chi connectivity index (χ4v) is 5.57. The Labute approximate surface area is 229 Å². The number of primary amides is 1. The summed E-state index contributed by atoms with van der Waals surface area (Å²) in [4.78, 5) is 48.9. The number of halogens is 1. The number of para-hydroxylation sites is 1. The third kappa shape index (κ3) is 4.39. The molecule has 0 radical (unpaired) electrons. The van der Waals surface area contributed by atoms with Gasteiger partial charge < -0.3 is 11.1 Å². The van der Waals surface area contributed by atoms with Crippen molar-refractivity contribution in [2.75, 3.05) is 10.2 Å². The minimum absolute atomic E-state index is 0.0406. The first-order valence-corrected chi connectivity index (χ1v) is 13.4. The van der Waals surface area contributed by atoms with Gasteiger partial charge in [-0.2, -0.15) is 4.98 Å². The van der Waals surface area contributed by atoms with Crippen molar-refractivity contribution in [3.63, 3.8) is 0 Å². The van der Waals surface area contributed by atoms with E-state index in [4.69, 9.17) is 10.7 Å². The maximum absolute atomic E-state index is 14.8. The molecular formula is C30H29FN6O3. The zero-order valence-electron chi connectivity index (χ0n) is 22.1. The highest BCUT2D eigenvalue weighted by Gasteiger charge is 2.57. The average Bonchev–Trinajstić information content (AvgIpc) is 3.59. The number of aryl methyl sites for hydroxylation is 1. The molecule has 2 aromatic heterocycles. The quantitative estimate of drug-likeness (QED) is 0.317. The largest absolute Gasteiger partial charge is 0.369 e. The number of hydrogen-bond donors (Lipinski definition) is 2. The van der Waals surface area contributed by atoms with E-state index in [-0.39, 0.29) is 17.3 Å². The first-order chi connectivity index (χ1) is 19.3. The molecule has 2 saturated carbocycles. The van der Waals surface area contributed by atoms with Gasteiger partial charge in [0.1, 0.15) is 16.9 Å². The van der Waals surface area contributed by atoms with Crippen molar-refractivity contribution >= 4 is 45.9 Å². The van der Waals surface area contributed by atoms with E-state index in [1.165, 1.54) is 23.1 Å². The third-order valence-electron chi connectivity index (χ3n) is 8.00. The minimum atomic E-state index is -1.33. The number of hydrogen-bond acceptors (Lipinski definition) is 6. The van der Waals surface area contributed by atoms with Gasteiger partial charge in [0, 0.05) is 35.1 Å². The van der Waals surface area contributed by atoms with Gasteiger partial charge in [-0.25, -0.2) is 9.37 Å². The van der Waals surface area contributed by atoms with Gasteiger partial charge in [-0.3, -0.25) is 23.9 Å². The Hall–Kier alpha value is -4.60. The fourth-order valence-electron chi connectivity index (χ4n) is 5.57. The van der Waals surface area contributed by atoms with Crippen LogP contribution in [0.15, 0.2) is 65.6 Å². The fraction of sp³-hybridized carbons (Fsp3) is 0.300. The Morgan fingerprint density at radius 1 is 1.10 bits per heavy atom. The number of amides is 2. The van der Waals surface area contributed by atoms with Gasteiger partial charge in [-0.05, 0) is 74.6 Å². The summed E-state index contributed by atoms with van der Waals surface area (Å²) < 4.78 is 16.6. The van der Waals surface area contributed by atoms with Crippen molar-refractivity contribution in [1.82, 2.24) is 14.5 Å². The molecule has 2 aliphatic rings. The molecule has 10 heteroatoms. The van der Waals surface area contributed by atoms with Crippen molar-refractivity contribution < 1.29 is 14.0 Å². The third-order valence-corrected chi connectivity index (χ3v) is 8.00. The van der Waals surface area contributed by atoms with Crippen molar-refractivity contribution in [2.24, 2.45) is 11.1 Å². The number of nitrogens with two attached hydrogens (primary N) is 1. The molecule has 3 N–H and O–H groups in total. The van der Waals surface area contributed by atoms with Crippen LogP contribution in [-0.4, -0.2) is 26.3 Å². The summed E-state index contributed by atoms with van der Waals surface area (Å²) in [6.45, 7) is 1.88. The molecule has 6 rings (SSSR count). The Morgan fingerprint density at radius 2 is 1.80 bits per heavy atom. The number of carbonyl (C=O) groups excluding carboxylic acids is 2. The van der Waals surface area contributed by atoms with Crippen LogP contribution in [0.3, 0.4) is 0 Å². The molecule has 0 aliphatic heterocycles. The molecule has 2 aromatic carbocycles. The maximum atomic E-state index is 14.8. The first kappa shape index (κ1) is 25.7. The Bertz CT molecular complexity index is 1690. The Morgan fingerprint density at radius 3 is 2.45 bits per heavy atom. The number of anilines is 4. The lowest BCUT2D eigenvalue weighted by atomic mass is 10.0. The number of nitrogens with zero attached hydrogens (tertiary/aromatic N) is 4. The second-order valence-electron chi connectivity index (χ2n) is 10.6. The molecule has 0 spiro atoms. The van der Waals surface area contributed by atoms with Crippen LogP contribution >= 0.6 is 0 Å². The summed E-state index contributed by atoms with van der Waals surface area (Å²) >= 11 is 0. The maximum Gasteiger partial charge on any atom is 0.252 e. The number of nitrogens with one attached hydrogen (secondary N) is 1. The topological polar surface area (TPSA) is 123 Å². The first-order valence-electron chi connectivity index (χ1n) is 13.4. The van der Waals surface area contributed by atoms with Crippen LogP contribution in [0.5, 0.6) is 0 Å².